The first-order chi connectivity index (χ1) is 8.79. The molecule has 0 amide bonds. The van der Waals surface area contributed by atoms with Gasteiger partial charge in [-0.05, 0) is 63.3 Å². The zero-order chi connectivity index (χ0) is 12.8. The maximum Gasteiger partial charge on any atom is 0.0132 e. The van der Waals surface area contributed by atoms with Crippen molar-refractivity contribution in [3.05, 3.63) is 11.6 Å². The molecule has 0 saturated heterocycles. The molecule has 1 fully saturated rings. The van der Waals surface area contributed by atoms with E-state index in [1.165, 1.54) is 57.8 Å². The first-order valence-electron chi connectivity index (χ1n) is 8.21. The SMILES string of the molecule is CCNC(CC1=CCCCC1)C1CCCC(C)C1. The van der Waals surface area contributed by atoms with Crippen LogP contribution in [0.5, 0.6) is 0 Å². The van der Waals surface area contributed by atoms with Crippen LogP contribution in [0.1, 0.15) is 71.6 Å². The Hall–Kier alpha value is -0.300. The van der Waals surface area contributed by atoms with Crippen LogP contribution < -0.4 is 5.32 Å². The van der Waals surface area contributed by atoms with Crippen molar-refractivity contribution in [1.29, 1.82) is 0 Å². The molecule has 2 aliphatic carbocycles. The first kappa shape index (κ1) is 14.1. The topological polar surface area (TPSA) is 12.0 Å². The van der Waals surface area contributed by atoms with Gasteiger partial charge in [0.15, 0.2) is 0 Å². The van der Waals surface area contributed by atoms with Crippen molar-refractivity contribution >= 4 is 0 Å². The summed E-state index contributed by atoms with van der Waals surface area (Å²) in [6.45, 7) is 5.83. The van der Waals surface area contributed by atoms with Crippen LogP contribution in [0, 0.1) is 11.8 Å². The van der Waals surface area contributed by atoms with Gasteiger partial charge in [0.05, 0.1) is 0 Å². The van der Waals surface area contributed by atoms with E-state index in [1.54, 1.807) is 5.57 Å². The fourth-order valence-electron chi connectivity index (χ4n) is 3.89. The standard InChI is InChI=1S/C17H31N/c1-3-18-17(13-15-9-5-4-6-10-15)16-11-7-8-14(2)12-16/h9,14,16-18H,3-8,10-13H2,1-2H3. The second-order valence-electron chi connectivity index (χ2n) is 6.51. The van der Waals surface area contributed by atoms with Crippen molar-refractivity contribution in [2.75, 3.05) is 6.54 Å². The van der Waals surface area contributed by atoms with Crippen molar-refractivity contribution < 1.29 is 0 Å². The van der Waals surface area contributed by atoms with E-state index in [0.717, 1.165) is 24.4 Å². The van der Waals surface area contributed by atoms with Gasteiger partial charge in [-0.25, -0.2) is 0 Å². The van der Waals surface area contributed by atoms with Crippen LogP contribution in [0.4, 0.5) is 0 Å². The molecular weight excluding hydrogens is 218 g/mol. The molecule has 1 nitrogen and oxygen atoms in total. The lowest BCUT2D eigenvalue weighted by molar-refractivity contribution is 0.221. The Bertz CT molecular complexity index is 269. The van der Waals surface area contributed by atoms with E-state index in [4.69, 9.17) is 0 Å². The summed E-state index contributed by atoms with van der Waals surface area (Å²) in [5.41, 5.74) is 1.74. The van der Waals surface area contributed by atoms with Gasteiger partial charge in [-0.3, -0.25) is 0 Å². The smallest absolute Gasteiger partial charge is 0.0132 e. The predicted molar refractivity (Wildman–Crippen MR) is 79.8 cm³/mol. The van der Waals surface area contributed by atoms with Crippen LogP contribution >= 0.6 is 0 Å². The predicted octanol–water partition coefficient (Wildman–Crippen LogP) is 4.68. The van der Waals surface area contributed by atoms with E-state index in [-0.39, 0.29) is 0 Å². The normalized spacial score (nSPS) is 30.9. The average molecular weight is 249 g/mol. The summed E-state index contributed by atoms with van der Waals surface area (Å²) in [7, 11) is 0. The minimum atomic E-state index is 0.752. The van der Waals surface area contributed by atoms with Gasteiger partial charge >= 0.3 is 0 Å². The molecule has 0 heterocycles. The van der Waals surface area contributed by atoms with Gasteiger partial charge in [0.25, 0.3) is 0 Å². The molecule has 3 unspecified atom stereocenters. The van der Waals surface area contributed by atoms with Crippen molar-refractivity contribution in [2.45, 2.75) is 77.7 Å². The summed E-state index contributed by atoms with van der Waals surface area (Å²) in [5, 5.41) is 3.78. The summed E-state index contributed by atoms with van der Waals surface area (Å²) in [4.78, 5) is 0. The molecule has 0 aromatic heterocycles. The van der Waals surface area contributed by atoms with Crippen LogP contribution in [0.15, 0.2) is 11.6 Å². The molecule has 0 aromatic rings. The quantitative estimate of drug-likeness (QED) is 0.698. The Morgan fingerprint density at radius 2 is 2.17 bits per heavy atom. The van der Waals surface area contributed by atoms with E-state index >= 15 is 0 Å². The highest BCUT2D eigenvalue weighted by Gasteiger charge is 2.26. The molecule has 18 heavy (non-hydrogen) atoms. The Morgan fingerprint density at radius 1 is 1.28 bits per heavy atom. The monoisotopic (exact) mass is 249 g/mol. The molecule has 0 bridgehead atoms. The number of rotatable bonds is 5. The molecule has 0 radical (unpaired) electrons. The fourth-order valence-corrected chi connectivity index (χ4v) is 3.89. The van der Waals surface area contributed by atoms with Crippen molar-refractivity contribution in [1.82, 2.24) is 5.32 Å². The number of nitrogens with one attached hydrogen (secondary N) is 1. The Labute approximate surface area is 113 Å². The summed E-state index contributed by atoms with van der Waals surface area (Å²) < 4.78 is 0. The van der Waals surface area contributed by atoms with Crippen molar-refractivity contribution in [3.63, 3.8) is 0 Å². The molecule has 2 rings (SSSR count). The van der Waals surface area contributed by atoms with E-state index in [0.29, 0.717) is 0 Å². The van der Waals surface area contributed by atoms with Gasteiger partial charge in [0.1, 0.15) is 0 Å². The van der Waals surface area contributed by atoms with E-state index < -0.39 is 0 Å². The van der Waals surface area contributed by atoms with E-state index in [1.807, 2.05) is 0 Å². The number of hydrogen-bond acceptors (Lipinski definition) is 1. The summed E-state index contributed by atoms with van der Waals surface area (Å²) in [6, 6.07) is 0.752. The van der Waals surface area contributed by atoms with Gasteiger partial charge in [0, 0.05) is 6.04 Å². The zero-order valence-corrected chi connectivity index (χ0v) is 12.4. The van der Waals surface area contributed by atoms with E-state index in [2.05, 4.69) is 25.2 Å². The maximum absolute atomic E-state index is 3.78. The lowest BCUT2D eigenvalue weighted by Gasteiger charge is -2.34. The van der Waals surface area contributed by atoms with Crippen molar-refractivity contribution in [2.24, 2.45) is 11.8 Å². The Balaban J connectivity index is 1.91. The lowest BCUT2D eigenvalue weighted by atomic mass is 9.76. The minimum absolute atomic E-state index is 0.752. The van der Waals surface area contributed by atoms with Gasteiger partial charge in [0.2, 0.25) is 0 Å². The van der Waals surface area contributed by atoms with Crippen LogP contribution in [-0.4, -0.2) is 12.6 Å². The largest absolute Gasteiger partial charge is 0.314 e. The highest BCUT2D eigenvalue weighted by Crippen LogP contribution is 2.34. The summed E-state index contributed by atoms with van der Waals surface area (Å²) in [6.07, 6.45) is 15.2. The maximum atomic E-state index is 3.78. The molecule has 0 spiro atoms. The molecule has 0 aliphatic heterocycles. The molecule has 1 saturated carbocycles. The highest BCUT2D eigenvalue weighted by molar-refractivity contribution is 5.08. The fraction of sp³-hybridized carbons (Fsp3) is 0.882. The average Bonchev–Trinajstić information content (AvgIpc) is 2.39. The van der Waals surface area contributed by atoms with Crippen LogP contribution in [0.25, 0.3) is 0 Å². The second-order valence-corrected chi connectivity index (χ2v) is 6.51. The minimum Gasteiger partial charge on any atom is -0.314 e. The molecule has 104 valence electrons. The molecule has 3 atom stereocenters. The van der Waals surface area contributed by atoms with Crippen LogP contribution in [0.2, 0.25) is 0 Å². The molecule has 1 heteroatoms. The second kappa shape index (κ2) is 7.33. The molecule has 1 N–H and O–H groups in total. The summed E-state index contributed by atoms with van der Waals surface area (Å²) >= 11 is 0. The first-order valence-corrected chi connectivity index (χ1v) is 8.21. The van der Waals surface area contributed by atoms with E-state index in [9.17, 15) is 0 Å². The third kappa shape index (κ3) is 4.12. The Morgan fingerprint density at radius 3 is 2.83 bits per heavy atom. The molecular formula is C17H31N. The number of hydrogen-bond donors (Lipinski definition) is 1. The van der Waals surface area contributed by atoms with Gasteiger partial charge in [-0.2, -0.15) is 0 Å². The van der Waals surface area contributed by atoms with Crippen LogP contribution in [-0.2, 0) is 0 Å². The van der Waals surface area contributed by atoms with Gasteiger partial charge in [-0.15, -0.1) is 0 Å². The zero-order valence-electron chi connectivity index (χ0n) is 12.4. The van der Waals surface area contributed by atoms with Gasteiger partial charge in [-0.1, -0.05) is 38.3 Å². The summed E-state index contributed by atoms with van der Waals surface area (Å²) in [5.74, 6) is 1.88. The highest BCUT2D eigenvalue weighted by atomic mass is 14.9. The molecule has 0 aromatic carbocycles. The lowest BCUT2D eigenvalue weighted by Crippen LogP contribution is -2.38. The van der Waals surface area contributed by atoms with Crippen molar-refractivity contribution in [3.8, 4) is 0 Å². The van der Waals surface area contributed by atoms with Crippen LogP contribution in [0.3, 0.4) is 0 Å². The number of allylic oxidation sites excluding steroid dienone is 1. The third-order valence-corrected chi connectivity index (χ3v) is 4.88. The third-order valence-electron chi connectivity index (χ3n) is 4.88. The Kier molecular flexibility index (Phi) is 5.75. The molecule has 2 aliphatic rings. The van der Waals surface area contributed by atoms with Gasteiger partial charge < -0.3 is 5.32 Å².